The molecule has 0 aliphatic carbocycles. The summed E-state index contributed by atoms with van der Waals surface area (Å²) in [4.78, 5) is 32.3. The summed E-state index contributed by atoms with van der Waals surface area (Å²) >= 11 is 1.66. The highest BCUT2D eigenvalue weighted by Gasteiger charge is 2.16. The molecule has 0 N–H and O–H groups in total. The van der Waals surface area contributed by atoms with Gasteiger partial charge in [-0.15, -0.1) is 11.8 Å². The maximum absolute atomic E-state index is 13.5. The summed E-state index contributed by atoms with van der Waals surface area (Å²) in [5, 5.41) is 4.55. The van der Waals surface area contributed by atoms with E-state index in [1.54, 1.807) is 36.0 Å². The van der Waals surface area contributed by atoms with Crippen LogP contribution >= 0.6 is 11.8 Å². The van der Waals surface area contributed by atoms with Gasteiger partial charge in [-0.25, -0.2) is 4.79 Å². The van der Waals surface area contributed by atoms with E-state index in [0.717, 1.165) is 21.6 Å². The molecule has 170 valence electrons. The van der Waals surface area contributed by atoms with E-state index in [0.29, 0.717) is 16.7 Å². The van der Waals surface area contributed by atoms with Gasteiger partial charge in [0.15, 0.2) is 0 Å². The third-order valence-corrected chi connectivity index (χ3v) is 6.45. The molecule has 8 heteroatoms. The molecule has 2 heterocycles. The van der Waals surface area contributed by atoms with Crippen LogP contribution in [-0.2, 0) is 13.1 Å². The molecule has 0 spiro atoms. The largest absolute Gasteiger partial charge is 0.337 e. The Morgan fingerprint density at radius 1 is 0.882 bits per heavy atom. The van der Waals surface area contributed by atoms with Crippen LogP contribution in [0.4, 0.5) is 0 Å². The molecule has 0 aliphatic rings. The number of para-hydroxylation sites is 1. The van der Waals surface area contributed by atoms with Crippen molar-refractivity contribution in [1.29, 1.82) is 0 Å². The van der Waals surface area contributed by atoms with Gasteiger partial charge in [0.25, 0.3) is 5.56 Å². The van der Waals surface area contributed by atoms with Crippen molar-refractivity contribution in [1.82, 2.24) is 19.3 Å². The summed E-state index contributed by atoms with van der Waals surface area (Å²) in [5.41, 5.74) is 2.60. The smallest absolute Gasteiger partial charge is 0.332 e. The number of aromatic nitrogens is 4. The van der Waals surface area contributed by atoms with Crippen molar-refractivity contribution >= 4 is 22.7 Å². The predicted molar refractivity (Wildman–Crippen MR) is 133 cm³/mol. The van der Waals surface area contributed by atoms with Gasteiger partial charge in [0.05, 0.1) is 17.4 Å². The molecule has 0 unspecified atom stereocenters. The summed E-state index contributed by atoms with van der Waals surface area (Å²) in [7, 11) is 0. The Kier molecular flexibility index (Phi) is 5.90. The molecule has 2 aromatic heterocycles. The average Bonchev–Trinajstić information content (AvgIpc) is 3.34. The predicted octanol–water partition coefficient (Wildman–Crippen LogP) is 4.34. The van der Waals surface area contributed by atoms with E-state index in [9.17, 15) is 9.59 Å². The van der Waals surface area contributed by atoms with Crippen molar-refractivity contribution in [3.05, 3.63) is 111 Å². The molecule has 0 atom stereocenters. The lowest BCUT2D eigenvalue weighted by atomic mass is 10.1. The Labute approximate surface area is 199 Å². The zero-order valence-electron chi connectivity index (χ0n) is 18.8. The first-order valence-electron chi connectivity index (χ1n) is 10.8. The quantitative estimate of drug-likeness (QED) is 0.343. The summed E-state index contributed by atoms with van der Waals surface area (Å²) in [5.74, 6) is 0.740. The van der Waals surface area contributed by atoms with Crippen molar-refractivity contribution in [2.75, 3.05) is 6.26 Å². The zero-order valence-corrected chi connectivity index (χ0v) is 19.6. The number of hydrogen-bond acceptors (Lipinski definition) is 6. The van der Waals surface area contributed by atoms with E-state index >= 15 is 0 Å². The fraction of sp³-hybridized carbons (Fsp3) is 0.154. The minimum Gasteiger partial charge on any atom is -0.337 e. The van der Waals surface area contributed by atoms with Crippen LogP contribution in [-0.4, -0.2) is 25.5 Å². The van der Waals surface area contributed by atoms with Crippen molar-refractivity contribution in [2.45, 2.75) is 24.9 Å². The molecule has 5 aromatic rings. The highest BCUT2D eigenvalue weighted by Crippen LogP contribution is 2.21. The van der Waals surface area contributed by atoms with Crippen molar-refractivity contribution in [2.24, 2.45) is 0 Å². The third-order valence-electron chi connectivity index (χ3n) is 5.70. The lowest BCUT2D eigenvalue weighted by molar-refractivity contribution is 0.369. The van der Waals surface area contributed by atoms with Gasteiger partial charge < -0.3 is 4.52 Å². The average molecular weight is 471 g/mol. The molecule has 34 heavy (non-hydrogen) atoms. The molecule has 0 fully saturated rings. The van der Waals surface area contributed by atoms with Gasteiger partial charge in [0.1, 0.15) is 6.54 Å². The first kappa shape index (κ1) is 21.9. The monoisotopic (exact) mass is 470 g/mol. The molecule has 0 saturated carbocycles. The SMILES string of the molecule is CSc1ccc(-c2noc(Cn3c(=O)n(Cc4ccc(C)cc4)c(=O)c4ccccc43)n2)cc1. The summed E-state index contributed by atoms with van der Waals surface area (Å²) in [6, 6.07) is 22.7. The molecule has 0 aliphatic heterocycles. The van der Waals surface area contributed by atoms with Crippen LogP contribution in [0.1, 0.15) is 17.0 Å². The Bertz CT molecular complexity index is 1580. The summed E-state index contributed by atoms with van der Waals surface area (Å²) in [6.07, 6.45) is 2.02. The Balaban J connectivity index is 1.55. The third kappa shape index (κ3) is 4.20. The van der Waals surface area contributed by atoms with Crippen LogP contribution in [0, 0.1) is 6.92 Å². The number of benzene rings is 3. The van der Waals surface area contributed by atoms with Crippen LogP contribution in [0.3, 0.4) is 0 Å². The van der Waals surface area contributed by atoms with E-state index in [4.69, 9.17) is 4.52 Å². The van der Waals surface area contributed by atoms with Crippen LogP contribution in [0.15, 0.2) is 91.8 Å². The van der Waals surface area contributed by atoms with Gasteiger partial charge in [-0.3, -0.25) is 13.9 Å². The molecule has 5 rings (SSSR count). The minimum absolute atomic E-state index is 0.0589. The van der Waals surface area contributed by atoms with E-state index in [2.05, 4.69) is 10.1 Å². The highest BCUT2D eigenvalue weighted by molar-refractivity contribution is 7.98. The fourth-order valence-corrected chi connectivity index (χ4v) is 4.26. The lowest BCUT2D eigenvalue weighted by Gasteiger charge is -2.13. The van der Waals surface area contributed by atoms with Crippen LogP contribution in [0.25, 0.3) is 22.3 Å². The number of nitrogens with zero attached hydrogens (tertiary/aromatic N) is 4. The van der Waals surface area contributed by atoms with Gasteiger partial charge in [0, 0.05) is 10.5 Å². The standard InChI is InChI=1S/C26H22N4O3S/c1-17-7-9-18(10-8-17)15-30-25(31)21-5-3-4-6-22(21)29(26(30)32)16-23-27-24(28-33-23)19-11-13-20(34-2)14-12-19/h3-14H,15-16H2,1-2H3. The Morgan fingerprint density at radius 2 is 1.62 bits per heavy atom. The second-order valence-corrected chi connectivity index (χ2v) is 8.88. The van der Waals surface area contributed by atoms with Crippen LogP contribution in [0.5, 0.6) is 0 Å². The van der Waals surface area contributed by atoms with Gasteiger partial charge >= 0.3 is 5.69 Å². The maximum Gasteiger partial charge on any atom is 0.332 e. The highest BCUT2D eigenvalue weighted by atomic mass is 32.2. The number of rotatable bonds is 6. The Morgan fingerprint density at radius 3 is 2.35 bits per heavy atom. The van der Waals surface area contributed by atoms with E-state index in [1.807, 2.05) is 61.7 Å². The van der Waals surface area contributed by atoms with E-state index in [-0.39, 0.29) is 24.5 Å². The fourth-order valence-electron chi connectivity index (χ4n) is 3.85. The number of aryl methyl sites for hydroxylation is 1. The molecular weight excluding hydrogens is 448 g/mol. The molecular formula is C26H22N4O3S. The Hall–Kier alpha value is -3.91. The lowest BCUT2D eigenvalue weighted by Crippen LogP contribution is -2.40. The summed E-state index contributed by atoms with van der Waals surface area (Å²) < 4.78 is 8.24. The molecule has 7 nitrogen and oxygen atoms in total. The van der Waals surface area contributed by atoms with Gasteiger partial charge in [-0.05, 0) is 55.1 Å². The van der Waals surface area contributed by atoms with Gasteiger partial charge in [-0.2, -0.15) is 4.98 Å². The first-order valence-corrected chi connectivity index (χ1v) is 12.0. The summed E-state index contributed by atoms with van der Waals surface area (Å²) in [6.45, 7) is 2.23. The second-order valence-electron chi connectivity index (χ2n) is 8.00. The molecule has 3 aromatic carbocycles. The topological polar surface area (TPSA) is 82.9 Å². The molecule has 0 radical (unpaired) electrons. The van der Waals surface area contributed by atoms with Crippen LogP contribution < -0.4 is 11.2 Å². The molecule has 0 amide bonds. The van der Waals surface area contributed by atoms with Gasteiger partial charge in [-0.1, -0.05) is 47.1 Å². The maximum atomic E-state index is 13.5. The number of fused-ring (bicyclic) bond motifs is 1. The number of thioether (sulfide) groups is 1. The molecule has 0 bridgehead atoms. The van der Waals surface area contributed by atoms with E-state index < -0.39 is 5.69 Å². The van der Waals surface area contributed by atoms with Crippen molar-refractivity contribution in [3.8, 4) is 11.4 Å². The van der Waals surface area contributed by atoms with Crippen molar-refractivity contribution in [3.63, 3.8) is 0 Å². The normalized spacial score (nSPS) is 11.2. The minimum atomic E-state index is -0.423. The number of hydrogen-bond donors (Lipinski definition) is 0. The van der Waals surface area contributed by atoms with Crippen molar-refractivity contribution < 1.29 is 4.52 Å². The van der Waals surface area contributed by atoms with Gasteiger partial charge in [0.2, 0.25) is 11.7 Å². The van der Waals surface area contributed by atoms with E-state index in [1.165, 1.54) is 9.13 Å². The van der Waals surface area contributed by atoms with Crippen LogP contribution in [0.2, 0.25) is 0 Å². The zero-order chi connectivity index (χ0) is 23.7. The second kappa shape index (κ2) is 9.15. The first-order chi connectivity index (χ1) is 16.5. The molecule has 0 saturated heterocycles.